The average molecular weight is 198 g/mol. The summed E-state index contributed by atoms with van der Waals surface area (Å²) in [6, 6.07) is 0. The number of allylic oxidation sites excluding steroid dienone is 2. The zero-order valence-corrected chi connectivity index (χ0v) is 8.28. The standard InChI is InChI=1S/C10H14O4/c1-4-5-6(2)7(3)8(9(11)12)10(13)14/h4,8H,1,5H2,2-3H3,(H,11,12)(H,13,14)/b7-6-. The minimum Gasteiger partial charge on any atom is -0.480 e. The first kappa shape index (κ1) is 12.4. The predicted molar refractivity (Wildman–Crippen MR) is 51.9 cm³/mol. The van der Waals surface area contributed by atoms with E-state index in [4.69, 9.17) is 10.2 Å². The summed E-state index contributed by atoms with van der Waals surface area (Å²) in [6.45, 7) is 6.73. The van der Waals surface area contributed by atoms with Crippen molar-refractivity contribution < 1.29 is 19.8 Å². The van der Waals surface area contributed by atoms with Crippen LogP contribution in [-0.2, 0) is 9.59 Å². The van der Waals surface area contributed by atoms with Gasteiger partial charge in [0.05, 0.1) is 0 Å². The zero-order chi connectivity index (χ0) is 11.3. The highest BCUT2D eigenvalue weighted by molar-refractivity contribution is 5.96. The fourth-order valence-electron chi connectivity index (χ4n) is 1.10. The summed E-state index contributed by atoms with van der Waals surface area (Å²) >= 11 is 0. The molecule has 0 atom stereocenters. The lowest BCUT2D eigenvalue weighted by Crippen LogP contribution is -2.25. The quantitative estimate of drug-likeness (QED) is 0.520. The van der Waals surface area contributed by atoms with E-state index < -0.39 is 17.9 Å². The molecule has 0 radical (unpaired) electrons. The van der Waals surface area contributed by atoms with E-state index in [-0.39, 0.29) is 0 Å². The summed E-state index contributed by atoms with van der Waals surface area (Å²) in [5.41, 5.74) is 1.10. The van der Waals surface area contributed by atoms with Gasteiger partial charge in [-0.15, -0.1) is 6.58 Å². The topological polar surface area (TPSA) is 74.6 Å². The maximum atomic E-state index is 10.7. The molecule has 0 aromatic carbocycles. The molecule has 0 unspecified atom stereocenters. The van der Waals surface area contributed by atoms with Crippen molar-refractivity contribution in [1.82, 2.24) is 0 Å². The Hall–Kier alpha value is -1.58. The number of carbonyl (C=O) groups is 2. The molecule has 0 heterocycles. The fourth-order valence-corrected chi connectivity index (χ4v) is 1.10. The second kappa shape index (κ2) is 5.21. The van der Waals surface area contributed by atoms with Gasteiger partial charge in [0, 0.05) is 0 Å². The maximum absolute atomic E-state index is 10.7. The SMILES string of the molecule is C=CC/C(C)=C(/C)C(C(=O)O)C(=O)O. The molecule has 78 valence electrons. The summed E-state index contributed by atoms with van der Waals surface area (Å²) in [5, 5.41) is 17.4. The van der Waals surface area contributed by atoms with Crippen LogP contribution in [0.1, 0.15) is 20.3 Å². The number of hydrogen-bond donors (Lipinski definition) is 2. The summed E-state index contributed by atoms with van der Waals surface area (Å²) in [7, 11) is 0. The van der Waals surface area contributed by atoms with E-state index >= 15 is 0 Å². The number of hydrogen-bond acceptors (Lipinski definition) is 2. The predicted octanol–water partition coefficient (Wildman–Crippen LogP) is 1.68. The van der Waals surface area contributed by atoms with E-state index in [1.807, 2.05) is 0 Å². The first-order chi connectivity index (χ1) is 6.41. The van der Waals surface area contributed by atoms with E-state index in [2.05, 4.69) is 6.58 Å². The second-order valence-electron chi connectivity index (χ2n) is 3.07. The van der Waals surface area contributed by atoms with Crippen LogP contribution in [0.15, 0.2) is 23.8 Å². The van der Waals surface area contributed by atoms with E-state index in [0.717, 1.165) is 5.57 Å². The Labute approximate surface area is 82.6 Å². The Morgan fingerprint density at radius 2 is 1.71 bits per heavy atom. The van der Waals surface area contributed by atoms with Crippen LogP contribution in [0.2, 0.25) is 0 Å². The van der Waals surface area contributed by atoms with Crippen LogP contribution in [0.3, 0.4) is 0 Å². The Balaban J connectivity index is 5.02. The summed E-state index contributed by atoms with van der Waals surface area (Å²) in [5.74, 6) is -4.12. The second-order valence-corrected chi connectivity index (χ2v) is 3.07. The fraction of sp³-hybridized carbons (Fsp3) is 0.400. The normalized spacial score (nSPS) is 12.2. The molecule has 0 aliphatic carbocycles. The van der Waals surface area contributed by atoms with Crippen molar-refractivity contribution in [2.45, 2.75) is 20.3 Å². The van der Waals surface area contributed by atoms with Gasteiger partial charge in [-0.05, 0) is 25.8 Å². The van der Waals surface area contributed by atoms with Crippen LogP contribution in [-0.4, -0.2) is 22.2 Å². The van der Waals surface area contributed by atoms with Gasteiger partial charge >= 0.3 is 11.9 Å². The van der Waals surface area contributed by atoms with Gasteiger partial charge in [0.25, 0.3) is 0 Å². The largest absolute Gasteiger partial charge is 0.480 e. The van der Waals surface area contributed by atoms with Gasteiger partial charge < -0.3 is 10.2 Å². The highest BCUT2D eigenvalue weighted by atomic mass is 16.4. The molecule has 0 aromatic rings. The first-order valence-electron chi connectivity index (χ1n) is 4.14. The van der Waals surface area contributed by atoms with Crippen LogP contribution in [0.5, 0.6) is 0 Å². The lowest BCUT2D eigenvalue weighted by molar-refractivity contribution is -0.152. The minimum atomic E-state index is -1.45. The number of carboxylic acid groups (broad SMARTS) is 2. The maximum Gasteiger partial charge on any atom is 0.322 e. The van der Waals surface area contributed by atoms with Gasteiger partial charge in [-0.1, -0.05) is 11.6 Å². The van der Waals surface area contributed by atoms with E-state index in [1.54, 1.807) is 13.0 Å². The molecule has 0 rings (SSSR count). The Kier molecular flexibility index (Phi) is 4.63. The van der Waals surface area contributed by atoms with Crippen molar-refractivity contribution in [1.29, 1.82) is 0 Å². The Bertz CT molecular complexity index is 274. The van der Waals surface area contributed by atoms with Crippen LogP contribution >= 0.6 is 0 Å². The van der Waals surface area contributed by atoms with Gasteiger partial charge in [-0.25, -0.2) is 0 Å². The van der Waals surface area contributed by atoms with Crippen molar-refractivity contribution in [3.8, 4) is 0 Å². The van der Waals surface area contributed by atoms with Crippen molar-refractivity contribution in [2.24, 2.45) is 5.92 Å². The molecule has 0 fully saturated rings. The highest BCUT2D eigenvalue weighted by Crippen LogP contribution is 2.18. The Morgan fingerprint density at radius 1 is 1.29 bits per heavy atom. The summed E-state index contributed by atoms with van der Waals surface area (Å²) in [4.78, 5) is 21.3. The van der Waals surface area contributed by atoms with Crippen molar-refractivity contribution in [2.75, 3.05) is 0 Å². The Morgan fingerprint density at radius 3 is 2.00 bits per heavy atom. The molecule has 0 aromatic heterocycles. The summed E-state index contributed by atoms with van der Waals surface area (Å²) < 4.78 is 0. The van der Waals surface area contributed by atoms with Gasteiger partial charge in [0.1, 0.15) is 0 Å². The molecular formula is C10H14O4. The van der Waals surface area contributed by atoms with Gasteiger partial charge in [0.15, 0.2) is 5.92 Å². The van der Waals surface area contributed by atoms with Crippen LogP contribution < -0.4 is 0 Å². The molecule has 0 saturated heterocycles. The molecule has 0 saturated carbocycles. The summed E-state index contributed by atoms with van der Waals surface area (Å²) in [6.07, 6.45) is 2.11. The van der Waals surface area contributed by atoms with Gasteiger partial charge in [0.2, 0.25) is 0 Å². The average Bonchev–Trinajstić information content (AvgIpc) is 2.03. The molecule has 0 amide bonds. The zero-order valence-electron chi connectivity index (χ0n) is 8.28. The molecule has 0 aliphatic rings. The lowest BCUT2D eigenvalue weighted by atomic mass is 9.95. The van der Waals surface area contributed by atoms with Crippen LogP contribution in [0, 0.1) is 5.92 Å². The van der Waals surface area contributed by atoms with Gasteiger partial charge in [-0.2, -0.15) is 0 Å². The molecule has 14 heavy (non-hydrogen) atoms. The van der Waals surface area contributed by atoms with Crippen molar-refractivity contribution >= 4 is 11.9 Å². The van der Waals surface area contributed by atoms with Crippen LogP contribution in [0.4, 0.5) is 0 Å². The van der Waals surface area contributed by atoms with E-state index in [9.17, 15) is 9.59 Å². The third kappa shape index (κ3) is 3.05. The lowest BCUT2D eigenvalue weighted by Gasteiger charge is -2.10. The van der Waals surface area contributed by atoms with E-state index in [0.29, 0.717) is 12.0 Å². The number of aliphatic carboxylic acids is 2. The highest BCUT2D eigenvalue weighted by Gasteiger charge is 2.28. The molecular weight excluding hydrogens is 184 g/mol. The van der Waals surface area contributed by atoms with Crippen molar-refractivity contribution in [3.63, 3.8) is 0 Å². The molecule has 0 aliphatic heterocycles. The molecule has 0 spiro atoms. The van der Waals surface area contributed by atoms with Crippen molar-refractivity contribution in [3.05, 3.63) is 23.8 Å². The smallest absolute Gasteiger partial charge is 0.322 e. The minimum absolute atomic E-state index is 0.366. The van der Waals surface area contributed by atoms with Crippen LogP contribution in [0.25, 0.3) is 0 Å². The molecule has 0 bridgehead atoms. The van der Waals surface area contributed by atoms with Gasteiger partial charge in [-0.3, -0.25) is 9.59 Å². The third-order valence-corrected chi connectivity index (χ3v) is 2.05. The number of rotatable bonds is 5. The third-order valence-electron chi connectivity index (χ3n) is 2.05. The monoisotopic (exact) mass is 198 g/mol. The molecule has 2 N–H and O–H groups in total. The van der Waals surface area contributed by atoms with E-state index in [1.165, 1.54) is 6.92 Å². The molecule has 4 nitrogen and oxygen atoms in total. The molecule has 4 heteroatoms. The first-order valence-corrected chi connectivity index (χ1v) is 4.14. The number of carboxylic acids is 2.